The van der Waals surface area contributed by atoms with Gasteiger partial charge in [-0.2, -0.15) is 0 Å². The highest BCUT2D eigenvalue weighted by atomic mass is 16.5. The molecule has 4 N–H and O–H groups in total. The zero-order valence-electron chi connectivity index (χ0n) is 17.2. The lowest BCUT2D eigenvalue weighted by Gasteiger charge is -2.27. The van der Waals surface area contributed by atoms with Gasteiger partial charge in [0.25, 0.3) is 0 Å². The van der Waals surface area contributed by atoms with Gasteiger partial charge in [-0.15, -0.1) is 6.58 Å². The normalized spacial score (nSPS) is 16.6. The van der Waals surface area contributed by atoms with Crippen LogP contribution in [-0.4, -0.2) is 32.1 Å². The number of aromatic hydroxyl groups is 3. The molecule has 0 bridgehead atoms. The molecular weight excluding hydrogens is 388 g/mol. The molecule has 0 radical (unpaired) electrons. The summed E-state index contributed by atoms with van der Waals surface area (Å²) in [6.07, 6.45) is 1.22. The summed E-state index contributed by atoms with van der Waals surface area (Å²) in [5.41, 5.74) is -1.77. The monoisotopic (exact) mass is 412 g/mol. The Kier molecular flexibility index (Phi) is 4.12. The summed E-state index contributed by atoms with van der Waals surface area (Å²) in [6.45, 7) is 10.8. The number of fused-ring (bicyclic) bond motifs is 3. The summed E-state index contributed by atoms with van der Waals surface area (Å²) in [5.74, 6) is -0.958. The van der Waals surface area contributed by atoms with Crippen LogP contribution in [0.4, 0.5) is 0 Å². The van der Waals surface area contributed by atoms with Gasteiger partial charge < -0.3 is 29.6 Å². The highest BCUT2D eigenvalue weighted by molar-refractivity contribution is 5.99. The van der Waals surface area contributed by atoms with Crippen molar-refractivity contribution in [2.75, 3.05) is 0 Å². The summed E-state index contributed by atoms with van der Waals surface area (Å²) < 4.78 is 12.0. The zero-order chi connectivity index (χ0) is 22.2. The van der Waals surface area contributed by atoms with E-state index < -0.39 is 34.0 Å². The molecule has 1 aliphatic heterocycles. The van der Waals surface area contributed by atoms with E-state index in [2.05, 4.69) is 6.58 Å². The average Bonchev–Trinajstić information content (AvgIpc) is 3.10. The van der Waals surface area contributed by atoms with Crippen molar-refractivity contribution in [1.82, 2.24) is 0 Å². The van der Waals surface area contributed by atoms with Gasteiger partial charge >= 0.3 is 0 Å². The maximum Gasteiger partial charge on any atom is 0.204 e. The minimum absolute atomic E-state index is 0.0216. The van der Waals surface area contributed by atoms with Crippen molar-refractivity contribution in [3.05, 3.63) is 46.1 Å². The highest BCUT2D eigenvalue weighted by Gasteiger charge is 2.42. The number of hydrogen-bond donors (Lipinski definition) is 4. The van der Waals surface area contributed by atoms with Crippen molar-refractivity contribution in [3.63, 3.8) is 0 Å². The molecule has 0 saturated carbocycles. The van der Waals surface area contributed by atoms with Crippen molar-refractivity contribution >= 4 is 21.9 Å². The molecule has 1 atom stereocenters. The Labute approximate surface area is 172 Å². The van der Waals surface area contributed by atoms with Crippen molar-refractivity contribution in [1.29, 1.82) is 0 Å². The Morgan fingerprint density at radius 1 is 1.10 bits per heavy atom. The second-order valence-corrected chi connectivity index (χ2v) is 8.87. The first-order valence-corrected chi connectivity index (χ1v) is 9.60. The van der Waals surface area contributed by atoms with Crippen molar-refractivity contribution in [2.24, 2.45) is 0 Å². The first-order valence-electron chi connectivity index (χ1n) is 9.60. The maximum absolute atomic E-state index is 13.3. The van der Waals surface area contributed by atoms with Crippen molar-refractivity contribution < 1.29 is 29.6 Å². The van der Waals surface area contributed by atoms with Crippen LogP contribution in [0.1, 0.15) is 38.8 Å². The van der Waals surface area contributed by atoms with Gasteiger partial charge in [0.2, 0.25) is 11.2 Å². The minimum Gasteiger partial charge on any atom is -0.507 e. The lowest BCUT2D eigenvalue weighted by atomic mass is 9.81. The molecule has 0 spiro atoms. The Balaban J connectivity index is 2.23. The van der Waals surface area contributed by atoms with Crippen molar-refractivity contribution in [3.8, 4) is 23.0 Å². The molecular formula is C23H24O7. The van der Waals surface area contributed by atoms with E-state index in [0.29, 0.717) is 16.9 Å². The van der Waals surface area contributed by atoms with E-state index >= 15 is 0 Å². The summed E-state index contributed by atoms with van der Waals surface area (Å²) >= 11 is 0. The fourth-order valence-corrected chi connectivity index (χ4v) is 3.91. The third-order valence-electron chi connectivity index (χ3n) is 5.86. The molecule has 1 aliphatic rings. The molecule has 0 fully saturated rings. The molecule has 0 amide bonds. The Morgan fingerprint density at radius 3 is 2.37 bits per heavy atom. The van der Waals surface area contributed by atoms with Crippen LogP contribution in [-0.2, 0) is 11.8 Å². The van der Waals surface area contributed by atoms with E-state index in [1.54, 1.807) is 19.9 Å². The van der Waals surface area contributed by atoms with E-state index in [1.165, 1.54) is 12.1 Å². The summed E-state index contributed by atoms with van der Waals surface area (Å²) in [5, 5.41) is 41.6. The predicted octanol–water partition coefficient (Wildman–Crippen LogP) is 3.60. The maximum atomic E-state index is 13.3. The number of aliphatic hydroxyl groups is 1. The predicted molar refractivity (Wildman–Crippen MR) is 113 cm³/mol. The Morgan fingerprint density at radius 2 is 1.77 bits per heavy atom. The van der Waals surface area contributed by atoms with Crippen LogP contribution in [0.25, 0.3) is 21.9 Å². The number of benzene rings is 2. The molecule has 1 unspecified atom stereocenters. The second kappa shape index (κ2) is 6.15. The minimum atomic E-state index is -1.19. The summed E-state index contributed by atoms with van der Waals surface area (Å²) in [6, 6.07) is 2.52. The van der Waals surface area contributed by atoms with Crippen LogP contribution >= 0.6 is 0 Å². The topological polar surface area (TPSA) is 120 Å². The SMILES string of the molecule is C=CC(C)(C)c1c2c(c(O)c3c(=O)c4ccc(O)c(O)c4oc13)CC(C(C)(C)O)O2. The summed E-state index contributed by atoms with van der Waals surface area (Å²) in [4.78, 5) is 13.3. The van der Waals surface area contributed by atoms with Crippen LogP contribution in [0, 0.1) is 0 Å². The van der Waals surface area contributed by atoms with Crippen LogP contribution in [0.5, 0.6) is 23.0 Å². The molecule has 3 aromatic rings. The van der Waals surface area contributed by atoms with Gasteiger partial charge in [0, 0.05) is 23.0 Å². The number of rotatable bonds is 3. The van der Waals surface area contributed by atoms with E-state index in [0.717, 1.165) is 0 Å². The standard InChI is InChI=1S/C23H24O7/c1-6-22(2,3)15-19-11(9-13(29-19)23(4,5)28)17(26)14-16(25)10-7-8-12(24)18(27)20(10)30-21(14)15/h6-8,13,24,26-28H,1,9H2,2-5H3. The quantitative estimate of drug-likeness (QED) is 0.295. The number of hydrogen-bond acceptors (Lipinski definition) is 7. The molecule has 0 aliphatic carbocycles. The van der Waals surface area contributed by atoms with Gasteiger partial charge in [-0.1, -0.05) is 19.9 Å². The van der Waals surface area contributed by atoms with E-state index in [1.807, 2.05) is 13.8 Å². The smallest absolute Gasteiger partial charge is 0.204 e. The zero-order valence-corrected chi connectivity index (χ0v) is 17.2. The second-order valence-electron chi connectivity index (χ2n) is 8.87. The first-order chi connectivity index (χ1) is 13.9. The molecule has 1 aromatic heterocycles. The van der Waals surface area contributed by atoms with Gasteiger partial charge in [0.1, 0.15) is 28.6 Å². The van der Waals surface area contributed by atoms with E-state index in [4.69, 9.17) is 9.15 Å². The number of allylic oxidation sites excluding steroid dienone is 1. The Bertz CT molecular complexity index is 1280. The molecule has 0 saturated heterocycles. The third kappa shape index (κ3) is 2.65. The third-order valence-corrected chi connectivity index (χ3v) is 5.86. The molecule has 7 nitrogen and oxygen atoms in total. The van der Waals surface area contributed by atoms with Gasteiger partial charge in [0.15, 0.2) is 11.3 Å². The van der Waals surface area contributed by atoms with Crippen LogP contribution in [0.3, 0.4) is 0 Å². The van der Waals surface area contributed by atoms with Crippen LogP contribution < -0.4 is 10.2 Å². The highest BCUT2D eigenvalue weighted by Crippen LogP contribution is 2.50. The molecule has 4 rings (SSSR count). The van der Waals surface area contributed by atoms with Gasteiger partial charge in [0.05, 0.1) is 11.0 Å². The van der Waals surface area contributed by atoms with Gasteiger partial charge in [-0.05, 0) is 26.0 Å². The molecule has 30 heavy (non-hydrogen) atoms. The van der Waals surface area contributed by atoms with Crippen LogP contribution in [0.2, 0.25) is 0 Å². The van der Waals surface area contributed by atoms with Crippen molar-refractivity contribution in [2.45, 2.75) is 51.2 Å². The largest absolute Gasteiger partial charge is 0.507 e. The van der Waals surface area contributed by atoms with Gasteiger partial charge in [-0.25, -0.2) is 0 Å². The molecule has 2 aromatic carbocycles. The number of ether oxygens (including phenoxy) is 1. The van der Waals surface area contributed by atoms with Gasteiger partial charge in [-0.3, -0.25) is 4.79 Å². The molecule has 158 valence electrons. The lowest BCUT2D eigenvalue weighted by molar-refractivity contribution is -0.0234. The fraction of sp³-hybridized carbons (Fsp3) is 0.348. The van der Waals surface area contributed by atoms with E-state index in [9.17, 15) is 25.2 Å². The molecule has 2 heterocycles. The van der Waals surface area contributed by atoms with E-state index in [-0.39, 0.29) is 34.1 Å². The first kappa shape index (κ1) is 20.1. The number of phenolic OH excluding ortho intramolecular Hbond substituents is 3. The summed E-state index contributed by atoms with van der Waals surface area (Å²) in [7, 11) is 0. The number of phenols is 3. The van der Waals surface area contributed by atoms with Crippen LogP contribution in [0.15, 0.2) is 34.0 Å². The lowest BCUT2D eigenvalue weighted by Crippen LogP contribution is -2.39. The fourth-order valence-electron chi connectivity index (χ4n) is 3.91. The molecule has 7 heteroatoms. The average molecular weight is 412 g/mol. The Hall–Kier alpha value is -3.19.